The average Bonchev–Trinajstić information content (AvgIpc) is 2.72. The maximum absolute atomic E-state index is 12.6. The van der Waals surface area contributed by atoms with Crippen LogP contribution in [0.25, 0.3) is 0 Å². The van der Waals surface area contributed by atoms with E-state index in [1.54, 1.807) is 25.3 Å². The molecule has 0 aliphatic heterocycles. The fourth-order valence-corrected chi connectivity index (χ4v) is 3.54. The fraction of sp³-hybridized carbons (Fsp3) is 0.136. The Bertz CT molecular complexity index is 932. The fourth-order valence-electron chi connectivity index (χ4n) is 2.74. The van der Waals surface area contributed by atoms with Crippen molar-refractivity contribution in [3.63, 3.8) is 0 Å². The summed E-state index contributed by atoms with van der Waals surface area (Å²) < 4.78 is 11.5. The summed E-state index contributed by atoms with van der Waals surface area (Å²) in [4.78, 5) is 12.6. The van der Waals surface area contributed by atoms with Gasteiger partial charge < -0.3 is 14.8 Å². The molecule has 0 bridgehead atoms. The minimum Gasteiger partial charge on any atom is -0.497 e. The normalized spacial score (nSPS) is 11.5. The van der Waals surface area contributed by atoms with Gasteiger partial charge in [-0.05, 0) is 57.4 Å². The molecular formula is C22H19BrClNO3. The summed E-state index contributed by atoms with van der Waals surface area (Å²) in [7, 11) is 1.62. The molecule has 1 N–H and O–H groups in total. The number of nitrogens with one attached hydrogen (secondary N) is 1. The van der Waals surface area contributed by atoms with Crippen LogP contribution in [0, 0.1) is 0 Å². The van der Waals surface area contributed by atoms with E-state index >= 15 is 0 Å². The lowest BCUT2D eigenvalue weighted by atomic mass is 9.98. The van der Waals surface area contributed by atoms with Crippen LogP contribution < -0.4 is 14.8 Å². The highest BCUT2D eigenvalue weighted by Crippen LogP contribution is 2.28. The number of rotatable bonds is 7. The van der Waals surface area contributed by atoms with Gasteiger partial charge in [-0.2, -0.15) is 0 Å². The minimum atomic E-state index is -0.295. The zero-order valence-electron chi connectivity index (χ0n) is 15.2. The SMILES string of the molecule is COc1ccc([C@H](NC(=O)COc2ccc(Cl)cc2Br)c2ccccc2)cc1. The maximum Gasteiger partial charge on any atom is 0.258 e. The monoisotopic (exact) mass is 459 g/mol. The first kappa shape index (κ1) is 20.2. The lowest BCUT2D eigenvalue weighted by Gasteiger charge is -2.20. The Kier molecular flexibility index (Phi) is 6.95. The van der Waals surface area contributed by atoms with E-state index in [1.807, 2.05) is 54.6 Å². The zero-order valence-corrected chi connectivity index (χ0v) is 17.5. The molecule has 0 heterocycles. The maximum atomic E-state index is 12.6. The number of methoxy groups -OCH3 is 1. The minimum absolute atomic E-state index is 0.111. The predicted octanol–water partition coefficient (Wildman–Crippen LogP) is 5.40. The van der Waals surface area contributed by atoms with Crippen molar-refractivity contribution in [1.82, 2.24) is 5.32 Å². The van der Waals surface area contributed by atoms with Gasteiger partial charge in [0.05, 0.1) is 17.6 Å². The van der Waals surface area contributed by atoms with Crippen molar-refractivity contribution in [3.05, 3.63) is 93.4 Å². The molecule has 0 aliphatic rings. The number of carbonyl (C=O) groups excluding carboxylic acids is 1. The second-order valence-corrected chi connectivity index (χ2v) is 7.34. The van der Waals surface area contributed by atoms with E-state index < -0.39 is 0 Å². The van der Waals surface area contributed by atoms with Crippen LogP contribution in [-0.2, 0) is 4.79 Å². The third-order valence-corrected chi connectivity index (χ3v) is 4.99. The third-order valence-electron chi connectivity index (χ3n) is 4.14. The summed E-state index contributed by atoms with van der Waals surface area (Å²) in [6.07, 6.45) is 0. The number of carbonyl (C=O) groups is 1. The van der Waals surface area contributed by atoms with Crippen molar-refractivity contribution >= 4 is 33.4 Å². The quantitative estimate of drug-likeness (QED) is 0.514. The molecule has 0 saturated carbocycles. The second kappa shape index (κ2) is 9.62. The summed E-state index contributed by atoms with van der Waals surface area (Å²) in [5.41, 5.74) is 1.93. The van der Waals surface area contributed by atoms with Crippen LogP contribution in [0.1, 0.15) is 17.2 Å². The molecule has 0 fully saturated rings. The highest BCUT2D eigenvalue weighted by atomic mass is 79.9. The van der Waals surface area contributed by atoms with Crippen molar-refractivity contribution in [2.75, 3.05) is 13.7 Å². The molecular weight excluding hydrogens is 442 g/mol. The Morgan fingerprint density at radius 3 is 2.36 bits per heavy atom. The van der Waals surface area contributed by atoms with Crippen molar-refractivity contribution in [1.29, 1.82) is 0 Å². The average molecular weight is 461 g/mol. The highest BCUT2D eigenvalue weighted by Gasteiger charge is 2.17. The van der Waals surface area contributed by atoms with Gasteiger partial charge in [0.2, 0.25) is 0 Å². The molecule has 6 heteroatoms. The Labute approximate surface area is 177 Å². The summed E-state index contributed by atoms with van der Waals surface area (Å²) >= 11 is 9.31. The van der Waals surface area contributed by atoms with Gasteiger partial charge in [-0.1, -0.05) is 54.1 Å². The van der Waals surface area contributed by atoms with E-state index in [0.29, 0.717) is 15.2 Å². The molecule has 0 aromatic heterocycles. The highest BCUT2D eigenvalue weighted by molar-refractivity contribution is 9.10. The Morgan fingerprint density at radius 1 is 1.04 bits per heavy atom. The van der Waals surface area contributed by atoms with Crippen LogP contribution in [0.3, 0.4) is 0 Å². The molecule has 0 unspecified atom stereocenters. The summed E-state index contributed by atoms with van der Waals surface area (Å²) in [6, 6.07) is 22.3. The van der Waals surface area contributed by atoms with Crippen molar-refractivity contribution in [3.8, 4) is 11.5 Å². The van der Waals surface area contributed by atoms with Gasteiger partial charge in [-0.3, -0.25) is 4.79 Å². The summed E-state index contributed by atoms with van der Waals surface area (Å²) in [5.74, 6) is 1.09. The van der Waals surface area contributed by atoms with Crippen LogP contribution in [0.5, 0.6) is 11.5 Å². The van der Waals surface area contributed by atoms with Crippen LogP contribution >= 0.6 is 27.5 Å². The number of halogens is 2. The van der Waals surface area contributed by atoms with Crippen molar-refractivity contribution in [2.45, 2.75) is 6.04 Å². The lowest BCUT2D eigenvalue weighted by Crippen LogP contribution is -2.33. The van der Waals surface area contributed by atoms with Gasteiger partial charge in [0, 0.05) is 5.02 Å². The molecule has 3 aromatic rings. The van der Waals surface area contributed by atoms with E-state index in [4.69, 9.17) is 21.1 Å². The largest absolute Gasteiger partial charge is 0.497 e. The Hall–Kier alpha value is -2.50. The van der Waals surface area contributed by atoms with Crippen LogP contribution in [-0.4, -0.2) is 19.6 Å². The molecule has 0 radical (unpaired) electrons. The first-order chi connectivity index (χ1) is 13.6. The van der Waals surface area contributed by atoms with Gasteiger partial charge in [-0.25, -0.2) is 0 Å². The molecule has 4 nitrogen and oxygen atoms in total. The zero-order chi connectivity index (χ0) is 19.9. The van der Waals surface area contributed by atoms with Crippen LogP contribution in [0.15, 0.2) is 77.3 Å². The van der Waals surface area contributed by atoms with Gasteiger partial charge in [0.15, 0.2) is 6.61 Å². The Balaban J connectivity index is 1.74. The van der Waals surface area contributed by atoms with E-state index in [2.05, 4.69) is 21.2 Å². The topological polar surface area (TPSA) is 47.6 Å². The van der Waals surface area contributed by atoms with E-state index in [0.717, 1.165) is 16.9 Å². The molecule has 3 rings (SSSR count). The standard InChI is InChI=1S/C22H19BrClNO3/c1-27-18-10-7-16(8-11-18)22(15-5-3-2-4-6-15)25-21(26)14-28-20-12-9-17(24)13-19(20)23/h2-13,22H,14H2,1H3,(H,25,26)/t22-/m1/s1. The molecule has 0 aliphatic carbocycles. The number of benzene rings is 3. The number of ether oxygens (including phenoxy) is 2. The lowest BCUT2D eigenvalue weighted by molar-refractivity contribution is -0.123. The first-order valence-corrected chi connectivity index (χ1v) is 9.80. The molecule has 0 saturated heterocycles. The molecule has 144 valence electrons. The van der Waals surface area contributed by atoms with Crippen LogP contribution in [0.4, 0.5) is 0 Å². The first-order valence-electron chi connectivity index (χ1n) is 8.63. The summed E-state index contributed by atoms with van der Waals surface area (Å²) in [6.45, 7) is -0.111. The van der Waals surface area contributed by atoms with Gasteiger partial charge in [0.25, 0.3) is 5.91 Å². The van der Waals surface area contributed by atoms with Crippen molar-refractivity contribution in [2.24, 2.45) is 0 Å². The van der Waals surface area contributed by atoms with Gasteiger partial charge >= 0.3 is 0 Å². The molecule has 28 heavy (non-hydrogen) atoms. The van der Waals surface area contributed by atoms with Crippen LogP contribution in [0.2, 0.25) is 5.02 Å². The summed E-state index contributed by atoms with van der Waals surface area (Å²) in [5, 5.41) is 3.63. The molecule has 1 atom stereocenters. The van der Waals surface area contributed by atoms with E-state index in [9.17, 15) is 4.79 Å². The Morgan fingerprint density at radius 2 is 1.71 bits per heavy atom. The second-order valence-electron chi connectivity index (χ2n) is 6.05. The van der Waals surface area contributed by atoms with Gasteiger partial charge in [-0.15, -0.1) is 0 Å². The number of hydrogen-bond acceptors (Lipinski definition) is 3. The molecule has 3 aromatic carbocycles. The third kappa shape index (κ3) is 5.27. The number of amides is 1. The van der Waals surface area contributed by atoms with Crippen molar-refractivity contribution < 1.29 is 14.3 Å². The smallest absolute Gasteiger partial charge is 0.258 e. The number of hydrogen-bond donors (Lipinski definition) is 1. The molecule has 0 spiro atoms. The van der Waals surface area contributed by atoms with E-state index in [-0.39, 0.29) is 18.6 Å². The molecule has 1 amide bonds. The van der Waals surface area contributed by atoms with E-state index in [1.165, 1.54) is 0 Å². The van der Waals surface area contributed by atoms with Gasteiger partial charge in [0.1, 0.15) is 11.5 Å². The predicted molar refractivity (Wildman–Crippen MR) is 114 cm³/mol.